The minimum Gasteiger partial charge on any atom is -0.432 e. The summed E-state index contributed by atoms with van der Waals surface area (Å²) in [7, 11) is -2.17. The number of amides is 1. The summed E-state index contributed by atoms with van der Waals surface area (Å²) in [5.74, 6) is 0.306. The Bertz CT molecular complexity index is 490. The Morgan fingerprint density at radius 3 is 2.45 bits per heavy atom. The zero-order chi connectivity index (χ0) is 17.0. The molecular formula is C17H30N2O2Si. The van der Waals surface area contributed by atoms with Crippen molar-refractivity contribution in [3.8, 4) is 0 Å². The summed E-state index contributed by atoms with van der Waals surface area (Å²) in [5, 5.41) is 2.82. The molecule has 0 aliphatic rings. The van der Waals surface area contributed by atoms with Crippen LogP contribution in [0.1, 0.15) is 50.2 Å². The van der Waals surface area contributed by atoms with E-state index >= 15 is 0 Å². The van der Waals surface area contributed by atoms with Gasteiger partial charge in [-0.1, -0.05) is 33.8 Å². The van der Waals surface area contributed by atoms with Gasteiger partial charge in [-0.15, -0.1) is 0 Å². The molecule has 4 nitrogen and oxygen atoms in total. The van der Waals surface area contributed by atoms with E-state index in [1.54, 1.807) is 12.3 Å². The van der Waals surface area contributed by atoms with E-state index in [0.717, 1.165) is 18.4 Å². The maximum Gasteiger partial charge on any atom is 0.269 e. The summed E-state index contributed by atoms with van der Waals surface area (Å²) in [5.41, 5.74) is 1.56. The van der Waals surface area contributed by atoms with E-state index in [9.17, 15) is 9.59 Å². The monoisotopic (exact) mass is 322 g/mol. The predicted octanol–water partition coefficient (Wildman–Crippen LogP) is 3.38. The highest BCUT2D eigenvalue weighted by Crippen LogP contribution is 2.39. The predicted molar refractivity (Wildman–Crippen MR) is 93.5 cm³/mol. The minimum atomic E-state index is -2.17. The highest BCUT2D eigenvalue weighted by atomic mass is 28.4. The lowest BCUT2D eigenvalue weighted by molar-refractivity contribution is 0.0944. The number of pyridine rings is 1. The van der Waals surface area contributed by atoms with E-state index in [2.05, 4.69) is 38.0 Å². The number of carbonyl (C=O) groups excluding carboxylic acids is 1. The molecule has 0 bridgehead atoms. The molecule has 0 aliphatic carbocycles. The molecule has 0 saturated heterocycles. The average molecular weight is 323 g/mol. The van der Waals surface area contributed by atoms with Gasteiger partial charge in [0.1, 0.15) is 5.69 Å². The van der Waals surface area contributed by atoms with Crippen LogP contribution in [0.15, 0.2) is 18.3 Å². The largest absolute Gasteiger partial charge is 0.432 e. The van der Waals surface area contributed by atoms with E-state index < -0.39 is 8.32 Å². The van der Waals surface area contributed by atoms with Crippen LogP contribution in [-0.2, 0) is 6.42 Å². The maximum absolute atomic E-state index is 11.9. The third kappa shape index (κ3) is 5.53. The van der Waals surface area contributed by atoms with Crippen LogP contribution in [-0.4, -0.2) is 30.5 Å². The molecule has 1 aromatic rings. The van der Waals surface area contributed by atoms with Gasteiger partial charge in [-0.3, -0.25) is 9.78 Å². The number of rotatable bonds is 7. The summed E-state index contributed by atoms with van der Waals surface area (Å²) >= 11 is 0. The molecule has 1 aromatic heterocycles. The molecular weight excluding hydrogens is 292 g/mol. The third-order valence-corrected chi connectivity index (χ3v) is 7.99. The first-order valence-electron chi connectivity index (χ1n) is 7.98. The van der Waals surface area contributed by atoms with Gasteiger partial charge in [0, 0.05) is 12.7 Å². The van der Waals surface area contributed by atoms with E-state index in [-0.39, 0.29) is 10.9 Å². The number of hydrogen-bond acceptors (Lipinski definition) is 3. The topological polar surface area (TPSA) is 62.2 Å². The first-order valence-corrected chi connectivity index (χ1v) is 10.9. The van der Waals surface area contributed by atoms with E-state index in [1.807, 2.05) is 19.2 Å². The van der Waals surface area contributed by atoms with Crippen LogP contribution in [0.4, 0.5) is 0 Å². The van der Waals surface area contributed by atoms with E-state index in [1.165, 1.54) is 0 Å². The van der Waals surface area contributed by atoms with Crippen LogP contribution in [0.25, 0.3) is 0 Å². The number of carbonyl (C=O) groups is 1. The molecule has 0 aliphatic heterocycles. The SMILES string of the molecule is CC(C)CNC(=O)c1ccc(CCC(C)(C)[Si](C)(C)O)cn1. The number of hydrogen-bond donors (Lipinski definition) is 2. The van der Waals surface area contributed by atoms with Crippen molar-refractivity contribution in [1.82, 2.24) is 10.3 Å². The Hall–Kier alpha value is -1.20. The van der Waals surface area contributed by atoms with Gasteiger partial charge in [0.25, 0.3) is 5.91 Å². The van der Waals surface area contributed by atoms with Crippen LogP contribution in [0.3, 0.4) is 0 Å². The number of nitrogens with zero attached hydrogens (tertiary/aromatic N) is 1. The molecule has 2 N–H and O–H groups in total. The maximum atomic E-state index is 11.9. The highest BCUT2D eigenvalue weighted by molar-refractivity contribution is 6.72. The minimum absolute atomic E-state index is 0.0414. The van der Waals surface area contributed by atoms with Gasteiger partial charge in [-0.25, -0.2) is 0 Å². The summed E-state index contributed by atoms with van der Waals surface area (Å²) < 4.78 is 0. The molecule has 0 saturated carbocycles. The van der Waals surface area contributed by atoms with Crippen molar-refractivity contribution in [2.45, 2.75) is 58.7 Å². The van der Waals surface area contributed by atoms with Crippen molar-refractivity contribution in [3.63, 3.8) is 0 Å². The molecule has 1 rings (SSSR count). The van der Waals surface area contributed by atoms with Crippen molar-refractivity contribution in [2.24, 2.45) is 5.92 Å². The van der Waals surface area contributed by atoms with Crippen LogP contribution >= 0.6 is 0 Å². The van der Waals surface area contributed by atoms with Gasteiger partial charge < -0.3 is 10.1 Å². The van der Waals surface area contributed by atoms with Crippen molar-refractivity contribution < 1.29 is 9.59 Å². The smallest absolute Gasteiger partial charge is 0.269 e. The molecule has 0 aromatic carbocycles. The Balaban J connectivity index is 2.61. The molecule has 1 heterocycles. The zero-order valence-electron chi connectivity index (χ0n) is 14.7. The Labute approximate surface area is 135 Å². The third-order valence-electron chi connectivity index (χ3n) is 4.42. The second kappa shape index (κ2) is 7.37. The molecule has 0 unspecified atom stereocenters. The van der Waals surface area contributed by atoms with Crippen LogP contribution in [0.2, 0.25) is 18.1 Å². The first-order chi connectivity index (χ1) is 10.0. The van der Waals surface area contributed by atoms with Gasteiger partial charge >= 0.3 is 0 Å². The van der Waals surface area contributed by atoms with E-state index in [4.69, 9.17) is 0 Å². The fourth-order valence-corrected chi connectivity index (χ4v) is 2.59. The van der Waals surface area contributed by atoms with Gasteiger partial charge in [0.2, 0.25) is 0 Å². The Morgan fingerprint density at radius 1 is 1.36 bits per heavy atom. The van der Waals surface area contributed by atoms with Gasteiger partial charge in [-0.2, -0.15) is 0 Å². The summed E-state index contributed by atoms with van der Waals surface area (Å²) in [6.45, 7) is 13.0. The molecule has 22 heavy (non-hydrogen) atoms. The van der Waals surface area contributed by atoms with Crippen molar-refractivity contribution in [2.75, 3.05) is 6.54 Å². The quantitative estimate of drug-likeness (QED) is 0.757. The molecule has 1 amide bonds. The van der Waals surface area contributed by atoms with Crippen molar-refractivity contribution in [1.29, 1.82) is 0 Å². The van der Waals surface area contributed by atoms with Gasteiger partial charge in [0.15, 0.2) is 8.32 Å². The molecule has 0 fully saturated rings. The summed E-state index contributed by atoms with van der Waals surface area (Å²) in [6.07, 6.45) is 3.56. The Morgan fingerprint density at radius 2 is 2.00 bits per heavy atom. The van der Waals surface area contributed by atoms with E-state index in [0.29, 0.717) is 18.2 Å². The fourth-order valence-electron chi connectivity index (χ4n) is 1.86. The molecule has 0 radical (unpaired) electrons. The van der Waals surface area contributed by atoms with Crippen LogP contribution < -0.4 is 5.32 Å². The lowest BCUT2D eigenvalue weighted by Gasteiger charge is -2.35. The molecule has 0 spiro atoms. The number of aryl methyl sites for hydroxylation is 1. The zero-order valence-corrected chi connectivity index (χ0v) is 15.7. The standard InChI is InChI=1S/C17H30N2O2Si/c1-13(2)11-19-16(20)15-8-7-14(12-18-15)9-10-17(3,4)22(5,6)21/h7-8,12-13,21H,9-11H2,1-6H3,(H,19,20). The second-order valence-corrected chi connectivity index (χ2v) is 12.1. The number of aromatic nitrogens is 1. The normalized spacial score (nSPS) is 12.5. The summed E-state index contributed by atoms with van der Waals surface area (Å²) in [6, 6.07) is 3.73. The number of nitrogens with one attached hydrogen (secondary N) is 1. The second-order valence-electron chi connectivity index (χ2n) is 7.60. The van der Waals surface area contributed by atoms with Gasteiger partial charge in [-0.05, 0) is 48.5 Å². The first kappa shape index (κ1) is 18.8. The lowest BCUT2D eigenvalue weighted by atomic mass is 10.0. The average Bonchev–Trinajstić information content (AvgIpc) is 2.42. The Kier molecular flexibility index (Phi) is 6.32. The van der Waals surface area contributed by atoms with Crippen LogP contribution in [0, 0.1) is 5.92 Å². The fraction of sp³-hybridized carbons (Fsp3) is 0.647. The lowest BCUT2D eigenvalue weighted by Crippen LogP contribution is -2.39. The van der Waals surface area contributed by atoms with Crippen molar-refractivity contribution in [3.05, 3.63) is 29.6 Å². The highest BCUT2D eigenvalue weighted by Gasteiger charge is 2.37. The van der Waals surface area contributed by atoms with Crippen LogP contribution in [0.5, 0.6) is 0 Å². The van der Waals surface area contributed by atoms with Gasteiger partial charge in [0.05, 0.1) is 0 Å². The molecule has 5 heteroatoms. The molecule has 124 valence electrons. The summed E-state index contributed by atoms with van der Waals surface area (Å²) in [4.78, 5) is 26.5. The van der Waals surface area contributed by atoms with Crippen molar-refractivity contribution >= 4 is 14.2 Å². The molecule has 0 atom stereocenters.